The highest BCUT2D eigenvalue weighted by molar-refractivity contribution is 5.94. The van der Waals surface area contributed by atoms with Gasteiger partial charge in [-0.05, 0) is 133 Å². The Balaban J connectivity index is 0.862. The molecule has 1 atom stereocenters. The van der Waals surface area contributed by atoms with E-state index in [4.69, 9.17) is 0 Å². The maximum atomic E-state index is 2.40. The molecule has 284 valence electrons. The number of anilines is 5. The van der Waals surface area contributed by atoms with E-state index in [9.17, 15) is 0 Å². The zero-order chi connectivity index (χ0) is 39.8. The van der Waals surface area contributed by atoms with E-state index < -0.39 is 0 Å². The Bertz CT molecular complexity index is 3090. The quantitative estimate of drug-likeness (QED) is 0.152. The summed E-state index contributed by atoms with van der Waals surface area (Å²) in [6, 6.07) is 79.6. The summed E-state index contributed by atoms with van der Waals surface area (Å²) in [7, 11) is 0. The molecule has 1 unspecified atom stereocenters. The third kappa shape index (κ3) is 6.78. The summed E-state index contributed by atoms with van der Waals surface area (Å²) in [5, 5.41) is 9.90. The topological polar surface area (TPSA) is 6.48 Å². The van der Waals surface area contributed by atoms with Gasteiger partial charge in [-0.15, -0.1) is 0 Å². The molecule has 0 N–H and O–H groups in total. The van der Waals surface area contributed by atoms with Crippen molar-refractivity contribution in [3.63, 3.8) is 0 Å². The second kappa shape index (κ2) is 15.2. The number of hydrogen-bond donors (Lipinski definition) is 0. The number of benzene rings is 10. The van der Waals surface area contributed by atoms with Crippen molar-refractivity contribution < 1.29 is 0 Å². The smallest absolute Gasteiger partial charge is 0.0468 e. The molecule has 10 aromatic carbocycles. The summed E-state index contributed by atoms with van der Waals surface area (Å²) >= 11 is 0. The highest BCUT2D eigenvalue weighted by Crippen LogP contribution is 2.40. The molecule has 0 aliphatic heterocycles. The van der Waals surface area contributed by atoms with Crippen molar-refractivity contribution in [1.82, 2.24) is 0 Å². The van der Waals surface area contributed by atoms with Gasteiger partial charge in [-0.1, -0.05) is 170 Å². The molecule has 0 fully saturated rings. The molecule has 1 aliphatic carbocycles. The van der Waals surface area contributed by atoms with Gasteiger partial charge in [-0.2, -0.15) is 0 Å². The third-order valence-corrected chi connectivity index (χ3v) is 12.1. The highest BCUT2D eigenvalue weighted by Gasteiger charge is 2.20. The van der Waals surface area contributed by atoms with Gasteiger partial charge in [0.2, 0.25) is 0 Å². The van der Waals surface area contributed by atoms with Crippen LogP contribution in [0.2, 0.25) is 0 Å². The lowest BCUT2D eigenvalue weighted by Crippen LogP contribution is -2.17. The summed E-state index contributed by atoms with van der Waals surface area (Å²) in [5.41, 5.74) is 10.6. The molecule has 0 radical (unpaired) electrons. The summed E-state index contributed by atoms with van der Waals surface area (Å²) < 4.78 is 0. The molecule has 0 saturated carbocycles. The minimum absolute atomic E-state index is 0.303. The van der Waals surface area contributed by atoms with Gasteiger partial charge in [-0.3, -0.25) is 0 Å². The van der Waals surface area contributed by atoms with Crippen molar-refractivity contribution in [1.29, 1.82) is 0 Å². The van der Waals surface area contributed by atoms with Gasteiger partial charge in [0.1, 0.15) is 0 Å². The van der Waals surface area contributed by atoms with Gasteiger partial charge < -0.3 is 9.80 Å². The molecule has 0 heterocycles. The van der Waals surface area contributed by atoms with Crippen molar-refractivity contribution in [3.8, 4) is 11.1 Å². The minimum atomic E-state index is 0.303. The van der Waals surface area contributed by atoms with Crippen molar-refractivity contribution in [2.24, 2.45) is 0 Å². The minimum Gasteiger partial charge on any atom is -0.311 e. The zero-order valence-electron chi connectivity index (χ0n) is 33.2. The first-order valence-corrected chi connectivity index (χ1v) is 20.8. The van der Waals surface area contributed by atoms with Crippen LogP contribution in [-0.4, -0.2) is 0 Å². The Morgan fingerprint density at radius 2 is 0.667 bits per heavy atom. The van der Waals surface area contributed by atoms with E-state index in [1.54, 1.807) is 0 Å². The van der Waals surface area contributed by atoms with Gasteiger partial charge in [0.15, 0.2) is 0 Å². The molecule has 0 aromatic heterocycles. The molecular weight excluding hydrogens is 725 g/mol. The van der Waals surface area contributed by atoms with Gasteiger partial charge in [0, 0.05) is 40.1 Å². The lowest BCUT2D eigenvalue weighted by Gasteiger charge is -2.29. The van der Waals surface area contributed by atoms with E-state index in [1.165, 1.54) is 65.5 Å². The van der Waals surface area contributed by atoms with Crippen LogP contribution in [0.5, 0.6) is 0 Å². The van der Waals surface area contributed by atoms with E-state index in [1.807, 2.05) is 0 Å². The molecule has 2 nitrogen and oxygen atoms in total. The van der Waals surface area contributed by atoms with Crippen LogP contribution in [0.3, 0.4) is 0 Å². The fraction of sp³-hybridized carbons (Fsp3) is 0.0345. The number of nitrogens with zero attached hydrogens (tertiary/aromatic N) is 2. The predicted octanol–water partition coefficient (Wildman–Crippen LogP) is 16.2. The van der Waals surface area contributed by atoms with E-state index >= 15 is 0 Å². The first-order valence-electron chi connectivity index (χ1n) is 20.8. The molecule has 10 aromatic rings. The molecule has 0 spiro atoms. The number of hydrogen-bond acceptors (Lipinski definition) is 2. The predicted molar refractivity (Wildman–Crippen MR) is 256 cm³/mol. The van der Waals surface area contributed by atoms with Crippen LogP contribution in [0.25, 0.3) is 54.2 Å². The zero-order valence-corrected chi connectivity index (χ0v) is 33.2. The Morgan fingerprint density at radius 1 is 0.317 bits per heavy atom. The fourth-order valence-corrected chi connectivity index (χ4v) is 8.91. The maximum Gasteiger partial charge on any atom is 0.0468 e. The van der Waals surface area contributed by atoms with Crippen LogP contribution in [-0.2, 0) is 0 Å². The number of allylic oxidation sites excluding steroid dienone is 3. The monoisotopic (exact) mass is 766 g/mol. The van der Waals surface area contributed by atoms with Crippen molar-refractivity contribution in [2.45, 2.75) is 12.3 Å². The van der Waals surface area contributed by atoms with E-state index in [2.05, 4.69) is 246 Å². The number of rotatable bonds is 8. The second-order valence-electron chi connectivity index (χ2n) is 15.8. The first-order chi connectivity index (χ1) is 29.7. The maximum absolute atomic E-state index is 2.40. The van der Waals surface area contributed by atoms with Crippen LogP contribution in [0.4, 0.5) is 28.4 Å². The van der Waals surface area contributed by atoms with E-state index in [0.717, 1.165) is 34.9 Å². The van der Waals surface area contributed by atoms with Gasteiger partial charge in [0.25, 0.3) is 0 Å². The second-order valence-corrected chi connectivity index (χ2v) is 15.8. The van der Waals surface area contributed by atoms with Crippen LogP contribution in [0.15, 0.2) is 242 Å². The molecule has 60 heavy (non-hydrogen) atoms. The average molecular weight is 767 g/mol. The summed E-state index contributed by atoms with van der Waals surface area (Å²) in [6.45, 7) is 0. The van der Waals surface area contributed by atoms with Crippen LogP contribution >= 0.6 is 0 Å². The molecule has 1 aliphatic rings. The SMILES string of the molecule is C1=CC(c2ccc(-c3ccc(N(c4ccc5ccccc5c4)c4ccc5ccccc5c4)cc3)cc2)CC=C1N(c1ccc2ccccc2c1)c1ccc2ccccc2c1. The largest absolute Gasteiger partial charge is 0.311 e. The lowest BCUT2D eigenvalue weighted by molar-refractivity contribution is 0.840. The summed E-state index contributed by atoms with van der Waals surface area (Å²) in [4.78, 5) is 4.77. The highest BCUT2D eigenvalue weighted by atomic mass is 15.1. The molecule has 11 rings (SSSR count). The first kappa shape index (κ1) is 35.5. The van der Waals surface area contributed by atoms with Crippen LogP contribution in [0.1, 0.15) is 17.9 Å². The molecule has 0 saturated heterocycles. The van der Waals surface area contributed by atoms with Gasteiger partial charge in [-0.25, -0.2) is 0 Å². The van der Waals surface area contributed by atoms with E-state index in [-0.39, 0.29) is 0 Å². The molecule has 0 amide bonds. The molecule has 0 bridgehead atoms. The third-order valence-electron chi connectivity index (χ3n) is 12.1. The Labute approximate surface area is 351 Å². The summed E-state index contributed by atoms with van der Waals surface area (Å²) in [5.74, 6) is 0.303. The molecule has 2 heteroatoms. The Kier molecular flexibility index (Phi) is 9.02. The summed E-state index contributed by atoms with van der Waals surface area (Å²) in [6.07, 6.45) is 8.01. The van der Waals surface area contributed by atoms with Crippen molar-refractivity contribution >= 4 is 71.5 Å². The van der Waals surface area contributed by atoms with Gasteiger partial charge >= 0.3 is 0 Å². The lowest BCUT2D eigenvalue weighted by atomic mass is 9.90. The Morgan fingerprint density at radius 3 is 1.05 bits per heavy atom. The average Bonchev–Trinajstić information content (AvgIpc) is 3.32. The van der Waals surface area contributed by atoms with Crippen LogP contribution in [0, 0.1) is 0 Å². The number of fused-ring (bicyclic) bond motifs is 4. The normalized spacial score (nSPS) is 13.8. The fourth-order valence-electron chi connectivity index (χ4n) is 8.91. The standard InChI is InChI=1S/C58H42N2/c1-5-13-49-37-55(33-25-41(49)9-1)59(56-34-26-42-10-2-6-14-50(42)38-56)53-29-21-47(22-30-53)45-17-19-46(20-18-45)48-23-31-54(32-24-48)60(57-35-27-43-11-3-7-15-51(43)39-57)58-36-28-44-12-4-8-16-52(44)40-58/h1-23,25-40,48H,24H2. The van der Waals surface area contributed by atoms with E-state index in [0.29, 0.717) is 5.92 Å². The molecular formula is C58H42N2. The van der Waals surface area contributed by atoms with Gasteiger partial charge in [0.05, 0.1) is 0 Å². The van der Waals surface area contributed by atoms with Crippen LogP contribution < -0.4 is 9.80 Å². The van der Waals surface area contributed by atoms with Crippen molar-refractivity contribution in [3.05, 3.63) is 248 Å². The van der Waals surface area contributed by atoms with Crippen molar-refractivity contribution in [2.75, 3.05) is 9.80 Å². The Hall–Kier alpha value is -7.68.